The first kappa shape index (κ1) is 23.3. The number of aliphatic hydroxyl groups excluding tert-OH is 1. The van der Waals surface area contributed by atoms with Crippen molar-refractivity contribution in [3.05, 3.63) is 48.2 Å². The molecule has 0 unspecified atom stereocenters. The second-order valence-corrected chi connectivity index (χ2v) is 9.41. The molecule has 1 aromatic rings. The zero-order chi connectivity index (χ0) is 21.0. The number of hydrogen-bond donors (Lipinski definition) is 2. The maximum Gasteiger partial charge on any atom is 0.127 e. The Morgan fingerprint density at radius 1 is 0.967 bits per heavy atom. The number of hydrogen-bond acceptors (Lipinski definition) is 3. The Morgan fingerprint density at radius 3 is 2.23 bits per heavy atom. The van der Waals surface area contributed by atoms with Gasteiger partial charge in [-0.1, -0.05) is 75.8 Å². The van der Waals surface area contributed by atoms with Crippen molar-refractivity contribution in [2.24, 2.45) is 11.8 Å². The van der Waals surface area contributed by atoms with Gasteiger partial charge < -0.3 is 15.2 Å². The predicted octanol–water partition coefficient (Wildman–Crippen LogP) is 6.54. The van der Waals surface area contributed by atoms with Gasteiger partial charge in [0.1, 0.15) is 6.10 Å². The predicted molar refractivity (Wildman–Crippen MR) is 125 cm³/mol. The standard InChI is InChI=1S/C27H43NO2/c1-2-20-28-25(22-13-6-3-7-14-22)19-12-21-30-27(24-17-10-5-11-18-24)26(29)23-15-8-4-9-16-23/h3,6-7,12-14,21,23-29H,2,4-5,8-11,15-20H2,1H3/b21-12+/t25-,26+,27+/m0/s1. The van der Waals surface area contributed by atoms with Crippen LogP contribution in [-0.4, -0.2) is 23.9 Å². The van der Waals surface area contributed by atoms with Crippen LogP contribution in [0.1, 0.15) is 95.6 Å². The molecule has 3 rings (SSSR count). The highest BCUT2D eigenvalue weighted by molar-refractivity contribution is 5.19. The summed E-state index contributed by atoms with van der Waals surface area (Å²) in [5.74, 6) is 0.922. The van der Waals surface area contributed by atoms with Crippen molar-refractivity contribution < 1.29 is 9.84 Å². The molecule has 0 aromatic heterocycles. The van der Waals surface area contributed by atoms with E-state index in [0.717, 1.165) is 32.2 Å². The van der Waals surface area contributed by atoms with E-state index in [9.17, 15) is 5.11 Å². The fourth-order valence-electron chi connectivity index (χ4n) is 5.36. The minimum atomic E-state index is -0.318. The molecule has 1 aromatic carbocycles. The van der Waals surface area contributed by atoms with Gasteiger partial charge in [0.25, 0.3) is 0 Å². The third-order valence-electron chi connectivity index (χ3n) is 7.13. The Hall–Kier alpha value is -1.32. The van der Waals surface area contributed by atoms with Gasteiger partial charge in [-0.05, 0) is 68.5 Å². The number of nitrogens with one attached hydrogen (secondary N) is 1. The molecule has 0 amide bonds. The van der Waals surface area contributed by atoms with Crippen LogP contribution in [0.15, 0.2) is 42.7 Å². The number of benzene rings is 1. The largest absolute Gasteiger partial charge is 0.495 e. The van der Waals surface area contributed by atoms with Crippen molar-refractivity contribution in [1.82, 2.24) is 5.32 Å². The summed E-state index contributed by atoms with van der Waals surface area (Å²) in [5.41, 5.74) is 1.32. The van der Waals surface area contributed by atoms with Gasteiger partial charge in [-0.3, -0.25) is 0 Å². The quantitative estimate of drug-likeness (QED) is 0.405. The van der Waals surface area contributed by atoms with E-state index in [1.165, 1.54) is 56.9 Å². The lowest BCUT2D eigenvalue weighted by atomic mass is 9.76. The van der Waals surface area contributed by atoms with Crippen LogP contribution in [-0.2, 0) is 4.74 Å². The molecule has 0 heterocycles. The van der Waals surface area contributed by atoms with Crippen molar-refractivity contribution in [3.63, 3.8) is 0 Å². The molecule has 3 heteroatoms. The molecule has 2 aliphatic carbocycles. The third-order valence-corrected chi connectivity index (χ3v) is 7.13. The first-order valence-corrected chi connectivity index (χ1v) is 12.6. The Bertz CT molecular complexity index is 590. The molecule has 30 heavy (non-hydrogen) atoms. The summed E-state index contributed by atoms with van der Waals surface area (Å²) >= 11 is 0. The second kappa shape index (κ2) is 13.2. The molecule has 2 aliphatic rings. The second-order valence-electron chi connectivity index (χ2n) is 9.41. The molecule has 3 atom stereocenters. The minimum Gasteiger partial charge on any atom is -0.495 e. The van der Waals surface area contributed by atoms with Crippen LogP contribution in [0.5, 0.6) is 0 Å². The van der Waals surface area contributed by atoms with Crippen LogP contribution in [0.3, 0.4) is 0 Å². The van der Waals surface area contributed by atoms with E-state index in [1.54, 1.807) is 0 Å². The third kappa shape index (κ3) is 7.13. The lowest BCUT2D eigenvalue weighted by Crippen LogP contribution is -2.41. The van der Waals surface area contributed by atoms with E-state index >= 15 is 0 Å². The molecule has 0 saturated heterocycles. The molecule has 0 aliphatic heterocycles. The minimum absolute atomic E-state index is 0.0385. The molecule has 2 saturated carbocycles. The summed E-state index contributed by atoms with van der Waals surface area (Å²) in [6.45, 7) is 3.22. The van der Waals surface area contributed by atoms with Crippen LogP contribution < -0.4 is 5.32 Å². The normalized spacial score (nSPS) is 22.1. The number of aliphatic hydroxyl groups is 1. The van der Waals surface area contributed by atoms with Crippen molar-refractivity contribution in [1.29, 1.82) is 0 Å². The topological polar surface area (TPSA) is 41.5 Å². The molecule has 2 fully saturated rings. The summed E-state index contributed by atoms with van der Waals surface area (Å²) in [4.78, 5) is 0. The van der Waals surface area contributed by atoms with E-state index in [-0.39, 0.29) is 12.2 Å². The Kier molecular flexibility index (Phi) is 10.2. The van der Waals surface area contributed by atoms with E-state index in [0.29, 0.717) is 17.9 Å². The molecule has 2 N–H and O–H groups in total. The molecule has 0 radical (unpaired) electrons. The smallest absolute Gasteiger partial charge is 0.127 e. The van der Waals surface area contributed by atoms with E-state index < -0.39 is 0 Å². The monoisotopic (exact) mass is 413 g/mol. The van der Waals surface area contributed by atoms with Gasteiger partial charge in [0, 0.05) is 6.04 Å². The van der Waals surface area contributed by atoms with Crippen LogP contribution >= 0.6 is 0 Å². The number of rotatable bonds is 11. The fourth-order valence-corrected chi connectivity index (χ4v) is 5.36. The van der Waals surface area contributed by atoms with E-state index in [2.05, 4.69) is 48.6 Å². The molecule has 168 valence electrons. The highest BCUT2D eigenvalue weighted by Gasteiger charge is 2.35. The van der Waals surface area contributed by atoms with E-state index in [1.807, 2.05) is 6.26 Å². The van der Waals surface area contributed by atoms with Crippen LogP contribution in [0.2, 0.25) is 0 Å². The molecule has 0 bridgehead atoms. The lowest BCUT2D eigenvalue weighted by Gasteiger charge is -2.37. The van der Waals surface area contributed by atoms with Gasteiger partial charge in [-0.15, -0.1) is 0 Å². The summed E-state index contributed by atoms with van der Waals surface area (Å²) in [5, 5.41) is 14.9. The van der Waals surface area contributed by atoms with Gasteiger partial charge in [0.2, 0.25) is 0 Å². The Morgan fingerprint density at radius 2 is 1.60 bits per heavy atom. The summed E-state index contributed by atoms with van der Waals surface area (Å²) in [6.07, 6.45) is 18.2. The van der Waals surface area contributed by atoms with Crippen molar-refractivity contribution in [2.75, 3.05) is 6.54 Å². The molecular weight excluding hydrogens is 370 g/mol. The van der Waals surface area contributed by atoms with Crippen LogP contribution in [0.25, 0.3) is 0 Å². The van der Waals surface area contributed by atoms with Crippen molar-refractivity contribution >= 4 is 0 Å². The summed E-state index contributed by atoms with van der Waals surface area (Å²) in [6, 6.07) is 11.0. The molecular formula is C27H43NO2. The molecule has 3 nitrogen and oxygen atoms in total. The Balaban J connectivity index is 1.60. The zero-order valence-electron chi connectivity index (χ0n) is 19.0. The first-order valence-electron chi connectivity index (χ1n) is 12.6. The van der Waals surface area contributed by atoms with Gasteiger partial charge in [-0.25, -0.2) is 0 Å². The maximum atomic E-state index is 11.2. The number of ether oxygens (including phenoxy) is 1. The summed E-state index contributed by atoms with van der Waals surface area (Å²) < 4.78 is 6.33. The SMILES string of the molecule is CCCN[C@@H](C/C=C/O[C@H](C1CCCCC1)[C@H](O)C1CCCCC1)c1ccccc1. The first-order chi connectivity index (χ1) is 14.8. The van der Waals surface area contributed by atoms with E-state index in [4.69, 9.17) is 4.74 Å². The lowest BCUT2D eigenvalue weighted by molar-refractivity contribution is -0.0690. The summed E-state index contributed by atoms with van der Waals surface area (Å²) in [7, 11) is 0. The van der Waals surface area contributed by atoms with Crippen LogP contribution in [0, 0.1) is 11.8 Å². The molecule has 0 spiro atoms. The zero-order valence-corrected chi connectivity index (χ0v) is 19.0. The van der Waals surface area contributed by atoms with Gasteiger partial charge in [0.05, 0.1) is 12.4 Å². The Labute approximate surface area is 184 Å². The van der Waals surface area contributed by atoms with Crippen molar-refractivity contribution in [3.8, 4) is 0 Å². The average molecular weight is 414 g/mol. The highest BCUT2D eigenvalue weighted by Crippen LogP contribution is 2.35. The van der Waals surface area contributed by atoms with Gasteiger partial charge in [0.15, 0.2) is 0 Å². The van der Waals surface area contributed by atoms with Crippen LogP contribution in [0.4, 0.5) is 0 Å². The highest BCUT2D eigenvalue weighted by atomic mass is 16.5. The van der Waals surface area contributed by atoms with Crippen molar-refractivity contribution in [2.45, 2.75) is 102 Å². The fraction of sp³-hybridized carbons (Fsp3) is 0.704. The average Bonchev–Trinajstić information content (AvgIpc) is 2.82. The van der Waals surface area contributed by atoms with Gasteiger partial charge >= 0.3 is 0 Å². The van der Waals surface area contributed by atoms with Gasteiger partial charge in [-0.2, -0.15) is 0 Å². The maximum absolute atomic E-state index is 11.2.